The van der Waals surface area contributed by atoms with Crippen molar-refractivity contribution < 1.29 is 0 Å². The second kappa shape index (κ2) is 11.6. The predicted molar refractivity (Wildman–Crippen MR) is 244 cm³/mol. The van der Waals surface area contributed by atoms with Crippen LogP contribution >= 0.6 is 0 Å². The lowest BCUT2D eigenvalue weighted by Gasteiger charge is -2.39. The minimum atomic E-state index is -0.0750. The molecule has 0 amide bonds. The van der Waals surface area contributed by atoms with Gasteiger partial charge in [0.25, 0.3) is 0 Å². The molecule has 3 aliphatic rings. The fraction of sp³-hybridized carbons (Fsp3) is 0.263. The molecule has 3 aliphatic carbocycles. The molecule has 0 N–H and O–H groups in total. The Morgan fingerprint density at radius 1 is 0.526 bits per heavy atom. The third kappa shape index (κ3) is 4.62. The lowest BCUT2D eigenvalue weighted by atomic mass is 9.64. The summed E-state index contributed by atoms with van der Waals surface area (Å²) in [4.78, 5) is 0. The van der Waals surface area contributed by atoms with Crippen LogP contribution in [0.4, 0.5) is 0 Å². The summed E-state index contributed by atoms with van der Waals surface area (Å²) in [5, 5.41) is 11.1. The molecule has 1 atom stereocenters. The van der Waals surface area contributed by atoms with Crippen LogP contribution in [0, 0.1) is 27.7 Å². The quantitative estimate of drug-likeness (QED) is 0.158. The van der Waals surface area contributed by atoms with E-state index in [-0.39, 0.29) is 22.2 Å². The first-order chi connectivity index (χ1) is 27.3. The van der Waals surface area contributed by atoms with Crippen LogP contribution in [0.1, 0.15) is 108 Å². The summed E-state index contributed by atoms with van der Waals surface area (Å²) in [6.45, 7) is 21.4. The average Bonchev–Trinajstić information content (AvgIpc) is 3.52. The molecular formula is C57H52. The Kier molecular flexibility index (Phi) is 7.06. The molecule has 1 unspecified atom stereocenters. The molecule has 0 nitrogen and oxygen atoms in total. The van der Waals surface area contributed by atoms with E-state index in [9.17, 15) is 0 Å². The van der Waals surface area contributed by atoms with Crippen LogP contribution < -0.4 is 0 Å². The number of benzene rings is 8. The van der Waals surface area contributed by atoms with Crippen molar-refractivity contribution in [2.24, 2.45) is 0 Å². The molecule has 280 valence electrons. The molecule has 57 heavy (non-hydrogen) atoms. The van der Waals surface area contributed by atoms with Crippen LogP contribution in [0.25, 0.3) is 48.7 Å². The monoisotopic (exact) mass is 736 g/mol. The number of fused-ring (bicyclic) bond motifs is 8. The first-order valence-corrected chi connectivity index (χ1v) is 21.1. The van der Waals surface area contributed by atoms with Crippen LogP contribution in [0.3, 0.4) is 0 Å². The van der Waals surface area contributed by atoms with Gasteiger partial charge >= 0.3 is 0 Å². The second-order valence-electron chi connectivity index (χ2n) is 19.3. The number of rotatable bonds is 4. The van der Waals surface area contributed by atoms with E-state index in [4.69, 9.17) is 0 Å². The smallest absolute Gasteiger partial charge is 0.0192 e. The molecule has 0 heterocycles. The SMILES string of the molecule is Cc1ccc(C(Cc2ccc3ccc4c5c(cc6ccc2c3c64)C(C)(C)C2=C5C=C3C(C)(C)c4ccc5ccccc5c4C3(C)C2)c2ccc(C)c(C)c2)cc1C. The Morgan fingerprint density at radius 3 is 1.88 bits per heavy atom. The van der Waals surface area contributed by atoms with Crippen molar-refractivity contribution in [3.63, 3.8) is 0 Å². The summed E-state index contributed by atoms with van der Waals surface area (Å²) >= 11 is 0. The van der Waals surface area contributed by atoms with Gasteiger partial charge in [0.1, 0.15) is 0 Å². The summed E-state index contributed by atoms with van der Waals surface area (Å²) in [6, 6.07) is 45.2. The molecule has 0 saturated carbocycles. The Balaban J connectivity index is 1.10. The van der Waals surface area contributed by atoms with E-state index in [1.54, 1.807) is 16.7 Å². The highest BCUT2D eigenvalue weighted by atomic mass is 14.6. The highest BCUT2D eigenvalue weighted by molar-refractivity contribution is 6.26. The van der Waals surface area contributed by atoms with Gasteiger partial charge in [-0.3, -0.25) is 0 Å². The zero-order chi connectivity index (χ0) is 39.3. The van der Waals surface area contributed by atoms with E-state index < -0.39 is 0 Å². The highest BCUT2D eigenvalue weighted by Crippen LogP contribution is 2.65. The van der Waals surface area contributed by atoms with Gasteiger partial charge in [0.2, 0.25) is 0 Å². The summed E-state index contributed by atoms with van der Waals surface area (Å²) in [6.07, 6.45) is 4.67. The van der Waals surface area contributed by atoms with E-state index in [0.29, 0.717) is 0 Å². The van der Waals surface area contributed by atoms with Crippen molar-refractivity contribution in [1.29, 1.82) is 0 Å². The standard InChI is InChI=1S/C57H52/c1-32-14-16-38(26-34(32)3)45(39-17-15-33(2)35(4)27-39)28-40-19-18-37-20-24-44-52-41(21-23-42(40)51(37)52)29-48-53(44)46-30-50-56(7,8)47-25-22-36-12-10-11-13-43(36)54(47)57(50,9)31-49(46)55(48,5)6/h10-27,29-30,45H,28,31H2,1-9H3. The van der Waals surface area contributed by atoms with Crippen molar-refractivity contribution in [1.82, 2.24) is 0 Å². The number of hydrogen-bond acceptors (Lipinski definition) is 0. The fourth-order valence-corrected chi connectivity index (χ4v) is 12.0. The van der Waals surface area contributed by atoms with E-state index >= 15 is 0 Å². The molecule has 11 rings (SSSR count). The van der Waals surface area contributed by atoms with E-state index in [1.165, 1.54) is 104 Å². The number of hydrogen-bond donors (Lipinski definition) is 0. The lowest BCUT2D eigenvalue weighted by molar-refractivity contribution is 0.470. The van der Waals surface area contributed by atoms with E-state index in [2.05, 4.69) is 184 Å². The third-order valence-electron chi connectivity index (χ3n) is 15.4. The van der Waals surface area contributed by atoms with Gasteiger partial charge in [-0.1, -0.05) is 155 Å². The van der Waals surface area contributed by atoms with Crippen molar-refractivity contribution in [2.45, 2.75) is 97.3 Å². The van der Waals surface area contributed by atoms with Gasteiger partial charge < -0.3 is 0 Å². The molecule has 0 bridgehead atoms. The maximum absolute atomic E-state index is 2.67. The predicted octanol–water partition coefficient (Wildman–Crippen LogP) is 15.0. The molecule has 0 heteroatoms. The zero-order valence-corrected chi connectivity index (χ0v) is 35.0. The molecule has 0 fully saturated rings. The Hall–Kier alpha value is -5.46. The van der Waals surface area contributed by atoms with Gasteiger partial charge in [-0.25, -0.2) is 0 Å². The average molecular weight is 737 g/mol. The molecular weight excluding hydrogens is 685 g/mol. The maximum Gasteiger partial charge on any atom is 0.0192 e. The van der Waals surface area contributed by atoms with Crippen molar-refractivity contribution in [3.8, 4) is 0 Å². The van der Waals surface area contributed by atoms with Gasteiger partial charge in [-0.05, 0) is 162 Å². The summed E-state index contributed by atoms with van der Waals surface area (Å²) in [5.74, 6) is 0.263. The largest absolute Gasteiger partial charge is 0.0616 e. The Bertz CT molecular complexity index is 3070. The van der Waals surface area contributed by atoms with Crippen LogP contribution in [0.2, 0.25) is 0 Å². The van der Waals surface area contributed by atoms with Crippen molar-refractivity contribution >= 4 is 48.7 Å². The molecule has 0 radical (unpaired) electrons. The highest BCUT2D eigenvalue weighted by Gasteiger charge is 2.55. The summed E-state index contributed by atoms with van der Waals surface area (Å²) < 4.78 is 0. The van der Waals surface area contributed by atoms with Crippen molar-refractivity contribution in [3.05, 3.63) is 194 Å². The first-order valence-electron chi connectivity index (χ1n) is 21.1. The zero-order valence-electron chi connectivity index (χ0n) is 35.0. The molecule has 8 aromatic carbocycles. The lowest BCUT2D eigenvalue weighted by Crippen LogP contribution is -2.32. The number of aryl methyl sites for hydroxylation is 4. The molecule has 0 spiro atoms. The van der Waals surface area contributed by atoms with E-state index in [0.717, 1.165) is 12.8 Å². The summed E-state index contributed by atoms with van der Waals surface area (Å²) in [7, 11) is 0. The minimum Gasteiger partial charge on any atom is -0.0616 e. The fourth-order valence-electron chi connectivity index (χ4n) is 12.0. The maximum atomic E-state index is 2.67. The molecule has 0 aromatic heterocycles. The minimum absolute atomic E-state index is 0.0539. The van der Waals surface area contributed by atoms with Crippen LogP contribution in [0.15, 0.2) is 132 Å². The first kappa shape index (κ1) is 34.8. The topological polar surface area (TPSA) is 0 Å². The van der Waals surface area contributed by atoms with Gasteiger partial charge in [0.15, 0.2) is 0 Å². The molecule has 8 aromatic rings. The van der Waals surface area contributed by atoms with Gasteiger partial charge in [-0.2, -0.15) is 0 Å². The number of allylic oxidation sites excluding steroid dienone is 4. The van der Waals surface area contributed by atoms with E-state index in [1.807, 2.05) is 0 Å². The van der Waals surface area contributed by atoms with Crippen LogP contribution in [-0.4, -0.2) is 0 Å². The van der Waals surface area contributed by atoms with Crippen molar-refractivity contribution in [2.75, 3.05) is 0 Å². The Morgan fingerprint density at radius 2 is 1.16 bits per heavy atom. The van der Waals surface area contributed by atoms with Gasteiger partial charge in [0, 0.05) is 22.2 Å². The van der Waals surface area contributed by atoms with Crippen LogP contribution in [-0.2, 0) is 22.7 Å². The molecule has 0 saturated heterocycles. The molecule has 0 aliphatic heterocycles. The normalized spacial score (nSPS) is 19.2. The van der Waals surface area contributed by atoms with Crippen LogP contribution in [0.5, 0.6) is 0 Å². The summed E-state index contributed by atoms with van der Waals surface area (Å²) in [5.41, 5.74) is 20.1. The van der Waals surface area contributed by atoms with Gasteiger partial charge in [-0.15, -0.1) is 0 Å². The Labute approximate surface area is 338 Å². The van der Waals surface area contributed by atoms with Gasteiger partial charge in [0.05, 0.1) is 0 Å². The third-order valence-corrected chi connectivity index (χ3v) is 15.4. The second-order valence-corrected chi connectivity index (χ2v) is 19.3.